The van der Waals surface area contributed by atoms with Crippen LogP contribution in [0.1, 0.15) is 26.3 Å². The molecule has 0 amide bonds. The minimum Gasteiger partial charge on any atom is -0.298 e. The van der Waals surface area contributed by atoms with Gasteiger partial charge >= 0.3 is 0 Å². The molecule has 8 heteroatoms. The highest BCUT2D eigenvalue weighted by molar-refractivity contribution is 7.91. The summed E-state index contributed by atoms with van der Waals surface area (Å²) in [5.41, 5.74) is 1.09. The van der Waals surface area contributed by atoms with E-state index in [4.69, 9.17) is 0 Å². The van der Waals surface area contributed by atoms with Crippen molar-refractivity contribution in [2.45, 2.75) is 37.6 Å². The number of fused-ring (bicyclic) bond motifs is 1. The van der Waals surface area contributed by atoms with Crippen molar-refractivity contribution in [1.82, 2.24) is 19.3 Å². The SMILES string of the molecule is Cn1cc2c(=O)n(CCS(=O)(=O)c3ccc(C(C)(C)C)cc3)cnc2n1. The summed E-state index contributed by atoms with van der Waals surface area (Å²) in [7, 11) is -1.79. The maximum Gasteiger partial charge on any atom is 0.264 e. The summed E-state index contributed by atoms with van der Waals surface area (Å²) in [5.74, 6) is -0.171. The molecule has 26 heavy (non-hydrogen) atoms. The van der Waals surface area contributed by atoms with Crippen LogP contribution in [0.25, 0.3) is 11.0 Å². The smallest absolute Gasteiger partial charge is 0.264 e. The Bertz CT molecular complexity index is 1100. The lowest BCUT2D eigenvalue weighted by atomic mass is 9.87. The van der Waals surface area contributed by atoms with Crippen LogP contribution in [0, 0.1) is 0 Å². The highest BCUT2D eigenvalue weighted by Crippen LogP contribution is 2.23. The molecule has 2 heterocycles. The van der Waals surface area contributed by atoms with E-state index >= 15 is 0 Å². The fourth-order valence-electron chi connectivity index (χ4n) is 2.71. The van der Waals surface area contributed by atoms with Gasteiger partial charge in [-0.25, -0.2) is 13.4 Å². The number of hydrogen-bond donors (Lipinski definition) is 0. The maximum absolute atomic E-state index is 12.6. The third-order valence-electron chi connectivity index (χ3n) is 4.30. The van der Waals surface area contributed by atoms with Crippen LogP contribution in [-0.4, -0.2) is 33.5 Å². The van der Waals surface area contributed by atoms with Crippen LogP contribution in [-0.2, 0) is 28.8 Å². The van der Waals surface area contributed by atoms with E-state index in [1.807, 2.05) is 12.1 Å². The van der Waals surface area contributed by atoms with Gasteiger partial charge in [0.2, 0.25) is 0 Å². The van der Waals surface area contributed by atoms with Gasteiger partial charge in [0.15, 0.2) is 15.5 Å². The van der Waals surface area contributed by atoms with E-state index in [0.717, 1.165) is 5.56 Å². The summed E-state index contributed by atoms with van der Waals surface area (Å²) in [4.78, 5) is 16.8. The number of rotatable bonds is 4. The summed E-state index contributed by atoms with van der Waals surface area (Å²) in [6, 6.07) is 6.92. The second-order valence-electron chi connectivity index (χ2n) is 7.38. The molecule has 0 saturated heterocycles. The van der Waals surface area contributed by atoms with Crippen LogP contribution in [0.3, 0.4) is 0 Å². The molecule has 0 aliphatic rings. The lowest BCUT2D eigenvalue weighted by Gasteiger charge is -2.19. The van der Waals surface area contributed by atoms with Gasteiger partial charge < -0.3 is 0 Å². The Labute approximate surface area is 152 Å². The first-order valence-electron chi connectivity index (χ1n) is 8.30. The molecule has 3 rings (SSSR count). The number of nitrogens with zero attached hydrogens (tertiary/aromatic N) is 4. The molecule has 0 aliphatic heterocycles. The van der Waals surface area contributed by atoms with Crippen molar-refractivity contribution in [1.29, 1.82) is 0 Å². The second-order valence-corrected chi connectivity index (χ2v) is 9.49. The van der Waals surface area contributed by atoms with E-state index in [9.17, 15) is 13.2 Å². The molecule has 0 N–H and O–H groups in total. The number of hydrogen-bond acceptors (Lipinski definition) is 5. The van der Waals surface area contributed by atoms with Gasteiger partial charge in [-0.15, -0.1) is 0 Å². The van der Waals surface area contributed by atoms with Crippen LogP contribution >= 0.6 is 0 Å². The lowest BCUT2D eigenvalue weighted by molar-refractivity contribution is 0.582. The monoisotopic (exact) mass is 374 g/mol. The first kappa shape index (κ1) is 18.3. The Morgan fingerprint density at radius 3 is 2.38 bits per heavy atom. The highest BCUT2D eigenvalue weighted by Gasteiger charge is 2.18. The van der Waals surface area contributed by atoms with E-state index < -0.39 is 9.84 Å². The van der Waals surface area contributed by atoms with Crippen LogP contribution in [0.2, 0.25) is 0 Å². The van der Waals surface area contributed by atoms with Crippen molar-refractivity contribution < 1.29 is 8.42 Å². The zero-order valence-corrected chi connectivity index (χ0v) is 16.1. The highest BCUT2D eigenvalue weighted by atomic mass is 32.2. The second kappa shape index (κ2) is 6.35. The average Bonchev–Trinajstić information content (AvgIpc) is 2.95. The van der Waals surface area contributed by atoms with Crippen molar-refractivity contribution in [3.8, 4) is 0 Å². The Morgan fingerprint density at radius 2 is 1.77 bits per heavy atom. The average molecular weight is 374 g/mol. The van der Waals surface area contributed by atoms with Crippen LogP contribution < -0.4 is 5.56 Å². The fraction of sp³-hybridized carbons (Fsp3) is 0.389. The zero-order valence-electron chi connectivity index (χ0n) is 15.3. The van der Waals surface area contributed by atoms with Crippen molar-refractivity contribution >= 4 is 20.9 Å². The van der Waals surface area contributed by atoms with E-state index in [1.165, 1.54) is 15.6 Å². The first-order valence-corrected chi connectivity index (χ1v) is 9.95. The maximum atomic E-state index is 12.6. The van der Waals surface area contributed by atoms with Gasteiger partial charge in [-0.3, -0.25) is 14.0 Å². The number of aromatic nitrogens is 4. The van der Waals surface area contributed by atoms with Crippen LogP contribution in [0.15, 0.2) is 46.5 Å². The summed E-state index contributed by atoms with van der Waals surface area (Å²) >= 11 is 0. The predicted octanol–water partition coefficient (Wildman–Crippen LogP) is 1.90. The number of aryl methyl sites for hydroxylation is 2. The molecule has 0 spiro atoms. The molecule has 7 nitrogen and oxygen atoms in total. The lowest BCUT2D eigenvalue weighted by Crippen LogP contribution is -2.24. The normalized spacial score (nSPS) is 12.6. The van der Waals surface area contributed by atoms with E-state index in [0.29, 0.717) is 11.0 Å². The molecule has 0 radical (unpaired) electrons. The molecule has 0 bridgehead atoms. The Kier molecular flexibility index (Phi) is 4.47. The minimum atomic E-state index is -3.49. The zero-order chi connectivity index (χ0) is 19.1. The van der Waals surface area contributed by atoms with Crippen molar-refractivity contribution in [3.63, 3.8) is 0 Å². The van der Waals surface area contributed by atoms with Crippen molar-refractivity contribution in [3.05, 3.63) is 52.7 Å². The molecular weight excluding hydrogens is 352 g/mol. The summed E-state index contributed by atoms with van der Waals surface area (Å²) < 4.78 is 28.0. The Morgan fingerprint density at radius 1 is 1.12 bits per heavy atom. The molecular formula is C18H22N4O3S. The van der Waals surface area contributed by atoms with Crippen molar-refractivity contribution in [2.75, 3.05) is 5.75 Å². The quantitative estimate of drug-likeness (QED) is 0.696. The van der Waals surface area contributed by atoms with Gasteiger partial charge in [0.1, 0.15) is 11.7 Å². The van der Waals surface area contributed by atoms with Gasteiger partial charge in [-0.05, 0) is 23.1 Å². The molecule has 138 valence electrons. The summed E-state index contributed by atoms with van der Waals surface area (Å²) in [6.45, 7) is 6.26. The topological polar surface area (TPSA) is 86.9 Å². The first-order chi connectivity index (χ1) is 12.1. The Hall–Kier alpha value is -2.48. The molecule has 1 aromatic carbocycles. The number of benzene rings is 1. The summed E-state index contributed by atoms with van der Waals surface area (Å²) in [6.07, 6.45) is 2.93. The summed E-state index contributed by atoms with van der Waals surface area (Å²) in [5, 5.41) is 4.45. The van der Waals surface area contributed by atoms with Gasteiger partial charge in [-0.1, -0.05) is 32.9 Å². The van der Waals surface area contributed by atoms with E-state index in [1.54, 1.807) is 25.4 Å². The molecule has 0 fully saturated rings. The molecule has 0 unspecified atom stereocenters. The van der Waals surface area contributed by atoms with E-state index in [-0.39, 0.29) is 28.2 Å². The van der Waals surface area contributed by atoms with Crippen LogP contribution in [0.4, 0.5) is 0 Å². The van der Waals surface area contributed by atoms with Gasteiger partial charge in [-0.2, -0.15) is 5.10 Å². The largest absolute Gasteiger partial charge is 0.298 e. The molecule has 0 saturated carbocycles. The third kappa shape index (κ3) is 3.55. The molecule has 2 aromatic heterocycles. The Balaban J connectivity index is 1.82. The molecule has 0 atom stereocenters. The fourth-order valence-corrected chi connectivity index (χ4v) is 3.94. The molecule has 0 aliphatic carbocycles. The van der Waals surface area contributed by atoms with Crippen molar-refractivity contribution in [2.24, 2.45) is 7.05 Å². The van der Waals surface area contributed by atoms with Gasteiger partial charge in [0, 0.05) is 19.8 Å². The van der Waals surface area contributed by atoms with Crippen LogP contribution in [0.5, 0.6) is 0 Å². The number of sulfone groups is 1. The minimum absolute atomic E-state index is 0.0413. The molecule has 3 aromatic rings. The predicted molar refractivity (Wildman–Crippen MR) is 100.0 cm³/mol. The standard InChI is InChI=1S/C18H22N4O3S/c1-18(2,3)13-5-7-14(8-6-13)26(24,25)10-9-22-12-19-16-15(17(22)23)11-21(4)20-16/h5-8,11-12H,9-10H2,1-4H3. The van der Waals surface area contributed by atoms with Gasteiger partial charge in [0.05, 0.1) is 10.6 Å². The van der Waals surface area contributed by atoms with E-state index in [2.05, 4.69) is 30.9 Å². The third-order valence-corrected chi connectivity index (χ3v) is 6.01. The van der Waals surface area contributed by atoms with Gasteiger partial charge in [0.25, 0.3) is 5.56 Å².